The number of benzene rings is 2. The monoisotopic (exact) mass is 336 g/mol. The van der Waals surface area contributed by atoms with E-state index in [-0.39, 0.29) is 12.4 Å². The van der Waals surface area contributed by atoms with Gasteiger partial charge in [-0.15, -0.1) is 0 Å². The summed E-state index contributed by atoms with van der Waals surface area (Å²) < 4.78 is 1.94. The molecular formula is C19H20N4O2. The fourth-order valence-electron chi connectivity index (χ4n) is 3.49. The molecule has 25 heavy (non-hydrogen) atoms. The number of carbonyl (C=O) groups is 1. The van der Waals surface area contributed by atoms with Gasteiger partial charge >= 0.3 is 0 Å². The van der Waals surface area contributed by atoms with Crippen molar-refractivity contribution in [3.8, 4) is 11.3 Å². The highest BCUT2D eigenvalue weighted by atomic mass is 16.3. The minimum absolute atomic E-state index is 0.0380. The van der Waals surface area contributed by atoms with Crippen LogP contribution in [0.3, 0.4) is 0 Å². The number of fused-ring (bicyclic) bond motifs is 2. The normalized spacial score (nSPS) is 12.5. The van der Waals surface area contributed by atoms with Crippen molar-refractivity contribution in [1.29, 1.82) is 0 Å². The van der Waals surface area contributed by atoms with Crippen LogP contribution in [-0.2, 0) is 6.54 Å². The molecule has 6 nitrogen and oxygen atoms in total. The topological polar surface area (TPSA) is 79.2 Å². The molecule has 128 valence electrons. The van der Waals surface area contributed by atoms with Gasteiger partial charge in [-0.3, -0.25) is 9.48 Å². The minimum atomic E-state index is 0.0380. The summed E-state index contributed by atoms with van der Waals surface area (Å²) in [6, 6.07) is 11.6. The van der Waals surface area contributed by atoms with Gasteiger partial charge in [0.15, 0.2) is 5.78 Å². The molecule has 1 heterocycles. The number of rotatable bonds is 6. The molecule has 1 aliphatic rings. The van der Waals surface area contributed by atoms with Crippen molar-refractivity contribution in [3.63, 3.8) is 0 Å². The van der Waals surface area contributed by atoms with E-state index in [0.717, 1.165) is 27.8 Å². The van der Waals surface area contributed by atoms with Gasteiger partial charge in [-0.25, -0.2) is 0 Å². The predicted molar refractivity (Wildman–Crippen MR) is 98.1 cm³/mol. The van der Waals surface area contributed by atoms with Gasteiger partial charge in [0.1, 0.15) is 5.69 Å². The van der Waals surface area contributed by atoms with Crippen molar-refractivity contribution in [3.05, 3.63) is 47.5 Å². The van der Waals surface area contributed by atoms with Crippen molar-refractivity contribution < 1.29 is 9.90 Å². The molecule has 3 N–H and O–H groups in total. The van der Waals surface area contributed by atoms with Gasteiger partial charge in [0.25, 0.3) is 0 Å². The third-order valence-corrected chi connectivity index (χ3v) is 4.63. The number of anilines is 1. The lowest BCUT2D eigenvalue weighted by Gasteiger charge is -2.17. The Kier molecular flexibility index (Phi) is 3.99. The number of nitrogens with one attached hydrogen (secondary N) is 2. The Labute approximate surface area is 145 Å². The van der Waals surface area contributed by atoms with E-state index in [1.54, 1.807) is 0 Å². The molecule has 3 aromatic rings. The number of hydrogen-bond acceptors (Lipinski definition) is 5. The summed E-state index contributed by atoms with van der Waals surface area (Å²) in [4.78, 5) is 13.1. The van der Waals surface area contributed by atoms with Gasteiger partial charge in [0.05, 0.1) is 24.2 Å². The third kappa shape index (κ3) is 2.42. The fourth-order valence-corrected chi connectivity index (χ4v) is 3.49. The summed E-state index contributed by atoms with van der Waals surface area (Å²) in [5, 5.41) is 20.9. The summed E-state index contributed by atoms with van der Waals surface area (Å²) in [5.41, 5.74) is 4.93. The summed E-state index contributed by atoms with van der Waals surface area (Å²) in [7, 11) is 1.83. The maximum absolute atomic E-state index is 13.1. The number of ketones is 1. The maximum Gasteiger partial charge on any atom is 0.196 e. The van der Waals surface area contributed by atoms with Crippen molar-refractivity contribution in [2.24, 2.45) is 0 Å². The second kappa shape index (κ2) is 6.31. The van der Waals surface area contributed by atoms with Crippen molar-refractivity contribution in [1.82, 2.24) is 15.1 Å². The van der Waals surface area contributed by atoms with E-state index in [9.17, 15) is 4.79 Å². The Bertz CT molecular complexity index is 961. The number of hydrogen-bond donors (Lipinski definition) is 3. The van der Waals surface area contributed by atoms with E-state index in [1.807, 2.05) is 48.1 Å². The first-order valence-electron chi connectivity index (χ1n) is 8.43. The first-order valence-corrected chi connectivity index (χ1v) is 8.43. The Morgan fingerprint density at radius 3 is 2.68 bits per heavy atom. The average molecular weight is 336 g/mol. The molecule has 2 aromatic carbocycles. The van der Waals surface area contributed by atoms with Gasteiger partial charge < -0.3 is 15.7 Å². The smallest absolute Gasteiger partial charge is 0.196 e. The second-order valence-electron chi connectivity index (χ2n) is 6.05. The summed E-state index contributed by atoms with van der Waals surface area (Å²) in [5.74, 6) is 0.0380. The highest BCUT2D eigenvalue weighted by Crippen LogP contribution is 2.41. The highest BCUT2D eigenvalue weighted by molar-refractivity contribution is 6.27. The molecule has 0 fully saturated rings. The lowest BCUT2D eigenvalue weighted by molar-refractivity contribution is 0.104. The quantitative estimate of drug-likeness (QED) is 0.469. The lowest BCUT2D eigenvalue weighted by Crippen LogP contribution is -2.23. The zero-order chi connectivity index (χ0) is 17.4. The van der Waals surface area contributed by atoms with E-state index in [4.69, 9.17) is 10.2 Å². The van der Waals surface area contributed by atoms with Crippen LogP contribution in [0.15, 0.2) is 36.4 Å². The van der Waals surface area contributed by atoms with Crippen LogP contribution in [0.2, 0.25) is 0 Å². The second-order valence-corrected chi connectivity index (χ2v) is 6.05. The number of nitrogens with zero attached hydrogens (tertiary/aromatic N) is 2. The number of aliphatic hydroxyl groups is 1. The van der Waals surface area contributed by atoms with E-state index in [0.29, 0.717) is 30.8 Å². The summed E-state index contributed by atoms with van der Waals surface area (Å²) in [6.07, 6.45) is 0. The molecule has 0 amide bonds. The molecule has 0 atom stereocenters. The standard InChI is InChI=1S/C19H20N4O2/c1-20-14-6-7-15-17-16(14)19(25)13-5-3-2-4-12(13)18(17)22-23(15)10-8-21-9-11-24/h2-7,20-21,24H,8-11H2,1H3. The molecule has 0 saturated heterocycles. The molecule has 4 rings (SSSR count). The van der Waals surface area contributed by atoms with E-state index in [1.165, 1.54) is 0 Å². The molecule has 0 unspecified atom stereocenters. The van der Waals surface area contributed by atoms with Crippen LogP contribution in [-0.4, -0.2) is 47.4 Å². The van der Waals surface area contributed by atoms with Crippen molar-refractivity contribution in [2.45, 2.75) is 6.54 Å². The van der Waals surface area contributed by atoms with Crippen LogP contribution in [0.1, 0.15) is 15.9 Å². The third-order valence-electron chi connectivity index (χ3n) is 4.63. The zero-order valence-corrected chi connectivity index (χ0v) is 14.0. The Balaban J connectivity index is 1.90. The Morgan fingerprint density at radius 1 is 1.12 bits per heavy atom. The molecule has 1 aromatic heterocycles. The van der Waals surface area contributed by atoms with Crippen LogP contribution in [0, 0.1) is 0 Å². The summed E-state index contributed by atoms with van der Waals surface area (Å²) in [6.45, 7) is 2.05. The van der Waals surface area contributed by atoms with Crippen LogP contribution in [0.4, 0.5) is 5.69 Å². The SMILES string of the molecule is CNc1ccc2c3c(nn2CCNCCO)-c2ccccc2C(=O)c13. The van der Waals surface area contributed by atoms with Crippen molar-refractivity contribution in [2.75, 3.05) is 32.1 Å². The highest BCUT2D eigenvalue weighted by Gasteiger charge is 2.30. The zero-order valence-electron chi connectivity index (χ0n) is 14.0. The Hall–Kier alpha value is -2.70. The first-order chi connectivity index (χ1) is 12.3. The van der Waals surface area contributed by atoms with Gasteiger partial charge in [0.2, 0.25) is 0 Å². The van der Waals surface area contributed by atoms with Gasteiger partial charge in [-0.1, -0.05) is 24.3 Å². The van der Waals surface area contributed by atoms with Crippen LogP contribution in [0.25, 0.3) is 22.2 Å². The fraction of sp³-hybridized carbons (Fsp3) is 0.263. The number of carbonyl (C=O) groups excluding carboxylic acids is 1. The predicted octanol–water partition coefficient (Wildman–Crippen LogP) is 1.87. The van der Waals surface area contributed by atoms with E-state index >= 15 is 0 Å². The van der Waals surface area contributed by atoms with Gasteiger partial charge in [-0.05, 0) is 12.1 Å². The molecule has 6 heteroatoms. The average Bonchev–Trinajstić information content (AvgIpc) is 3.02. The number of aromatic nitrogens is 2. The van der Waals surface area contributed by atoms with E-state index < -0.39 is 0 Å². The minimum Gasteiger partial charge on any atom is -0.395 e. The van der Waals surface area contributed by atoms with Crippen molar-refractivity contribution >= 4 is 22.4 Å². The molecule has 1 aliphatic carbocycles. The molecule has 0 spiro atoms. The largest absolute Gasteiger partial charge is 0.395 e. The Morgan fingerprint density at radius 2 is 1.92 bits per heavy atom. The van der Waals surface area contributed by atoms with Crippen LogP contribution >= 0.6 is 0 Å². The molecule has 0 aliphatic heterocycles. The lowest BCUT2D eigenvalue weighted by atomic mass is 9.86. The van der Waals surface area contributed by atoms with Crippen LogP contribution < -0.4 is 10.6 Å². The van der Waals surface area contributed by atoms with Crippen LogP contribution in [0.5, 0.6) is 0 Å². The maximum atomic E-state index is 13.1. The first kappa shape index (κ1) is 15.8. The van der Waals surface area contributed by atoms with Gasteiger partial charge in [0, 0.05) is 42.3 Å². The molecule has 0 saturated carbocycles. The van der Waals surface area contributed by atoms with E-state index in [2.05, 4.69) is 10.6 Å². The molecule has 0 bridgehead atoms. The summed E-state index contributed by atoms with van der Waals surface area (Å²) >= 11 is 0. The molecular weight excluding hydrogens is 316 g/mol. The van der Waals surface area contributed by atoms with Gasteiger partial charge in [-0.2, -0.15) is 5.10 Å². The number of aliphatic hydroxyl groups excluding tert-OH is 1. The molecule has 0 radical (unpaired) electrons.